The molecular weight excluding hydrogens is 196 g/mol. The van der Waals surface area contributed by atoms with Gasteiger partial charge in [-0.2, -0.15) is 0 Å². The fourth-order valence-electron chi connectivity index (χ4n) is 1.66. The second-order valence-corrected chi connectivity index (χ2v) is 4.04. The first-order valence-electron chi connectivity index (χ1n) is 4.54. The number of hydrogen-bond donors (Lipinski definition) is 1. The van der Waals surface area contributed by atoms with Gasteiger partial charge in [-0.3, -0.25) is 0 Å². The molecule has 3 heteroatoms. The molecule has 2 aromatic rings. The largest absolute Gasteiger partial charge is 0.504 e. The van der Waals surface area contributed by atoms with Gasteiger partial charge in [0.2, 0.25) is 0 Å². The SMILES string of the molecule is CCc1c(O)c(OC)cc2sccc12. The lowest BCUT2D eigenvalue weighted by atomic mass is 10.1. The highest BCUT2D eigenvalue weighted by atomic mass is 32.1. The molecule has 0 unspecified atom stereocenters. The van der Waals surface area contributed by atoms with Gasteiger partial charge in [-0.15, -0.1) is 11.3 Å². The fraction of sp³-hybridized carbons (Fsp3) is 0.273. The van der Waals surface area contributed by atoms with Crippen LogP contribution >= 0.6 is 11.3 Å². The number of aryl methyl sites for hydroxylation is 1. The Balaban J connectivity index is 2.80. The fourth-order valence-corrected chi connectivity index (χ4v) is 2.50. The van der Waals surface area contributed by atoms with E-state index in [2.05, 4.69) is 0 Å². The van der Waals surface area contributed by atoms with Crippen molar-refractivity contribution in [3.05, 3.63) is 23.1 Å². The maximum atomic E-state index is 9.88. The number of phenolic OH excluding ortho intramolecular Hbond substituents is 1. The van der Waals surface area contributed by atoms with Crippen LogP contribution < -0.4 is 4.74 Å². The highest BCUT2D eigenvalue weighted by Crippen LogP contribution is 2.38. The van der Waals surface area contributed by atoms with E-state index in [1.54, 1.807) is 18.4 Å². The summed E-state index contributed by atoms with van der Waals surface area (Å²) in [5, 5.41) is 13.1. The predicted molar refractivity (Wildman–Crippen MR) is 59.4 cm³/mol. The molecule has 0 fully saturated rings. The highest BCUT2D eigenvalue weighted by molar-refractivity contribution is 7.17. The summed E-state index contributed by atoms with van der Waals surface area (Å²) in [5.41, 5.74) is 0.973. The predicted octanol–water partition coefficient (Wildman–Crippen LogP) is 3.18. The van der Waals surface area contributed by atoms with Gasteiger partial charge in [0.25, 0.3) is 0 Å². The molecule has 14 heavy (non-hydrogen) atoms. The number of hydrogen-bond acceptors (Lipinski definition) is 3. The Morgan fingerprint density at radius 2 is 2.29 bits per heavy atom. The minimum atomic E-state index is 0.279. The lowest BCUT2D eigenvalue weighted by Crippen LogP contribution is -1.88. The zero-order chi connectivity index (χ0) is 10.1. The number of thiophene rings is 1. The van der Waals surface area contributed by atoms with Gasteiger partial charge in [0.1, 0.15) is 0 Å². The smallest absolute Gasteiger partial charge is 0.162 e. The van der Waals surface area contributed by atoms with Crippen LogP contribution in [0.4, 0.5) is 0 Å². The van der Waals surface area contributed by atoms with Crippen molar-refractivity contribution in [2.45, 2.75) is 13.3 Å². The summed E-state index contributed by atoms with van der Waals surface area (Å²) in [6.45, 7) is 2.03. The average molecular weight is 208 g/mol. The Morgan fingerprint density at radius 1 is 1.50 bits per heavy atom. The quantitative estimate of drug-likeness (QED) is 0.821. The van der Waals surface area contributed by atoms with Crippen molar-refractivity contribution in [3.63, 3.8) is 0 Å². The van der Waals surface area contributed by atoms with Crippen LogP contribution in [0.3, 0.4) is 0 Å². The Bertz CT molecular complexity index is 460. The van der Waals surface area contributed by atoms with Crippen LogP contribution in [0.1, 0.15) is 12.5 Å². The minimum absolute atomic E-state index is 0.279. The van der Waals surface area contributed by atoms with E-state index in [0.717, 1.165) is 22.1 Å². The molecule has 1 aromatic carbocycles. The molecule has 0 radical (unpaired) electrons. The maximum Gasteiger partial charge on any atom is 0.162 e. The molecule has 0 aliphatic heterocycles. The summed E-state index contributed by atoms with van der Waals surface area (Å²) in [4.78, 5) is 0. The van der Waals surface area contributed by atoms with Crippen LogP contribution in [0.2, 0.25) is 0 Å². The van der Waals surface area contributed by atoms with Crippen molar-refractivity contribution in [1.29, 1.82) is 0 Å². The number of benzene rings is 1. The van der Waals surface area contributed by atoms with Crippen LogP contribution in [0, 0.1) is 0 Å². The van der Waals surface area contributed by atoms with Gasteiger partial charge in [0.05, 0.1) is 7.11 Å². The van der Waals surface area contributed by atoms with E-state index in [9.17, 15) is 5.11 Å². The van der Waals surface area contributed by atoms with E-state index < -0.39 is 0 Å². The van der Waals surface area contributed by atoms with E-state index in [4.69, 9.17) is 4.74 Å². The molecule has 0 bridgehead atoms. The Hall–Kier alpha value is -1.22. The first-order chi connectivity index (χ1) is 6.77. The standard InChI is InChI=1S/C11H12O2S/c1-3-7-8-4-5-14-10(8)6-9(13-2)11(7)12/h4-6,12H,3H2,1-2H3. The van der Waals surface area contributed by atoms with Crippen molar-refractivity contribution in [3.8, 4) is 11.5 Å². The zero-order valence-corrected chi connectivity index (χ0v) is 9.02. The number of methoxy groups -OCH3 is 1. The highest BCUT2D eigenvalue weighted by Gasteiger charge is 2.11. The van der Waals surface area contributed by atoms with Crippen LogP contribution in [0.5, 0.6) is 11.5 Å². The first kappa shape index (κ1) is 9.34. The molecule has 2 nitrogen and oxygen atoms in total. The number of rotatable bonds is 2. The molecule has 1 aromatic heterocycles. The lowest BCUT2D eigenvalue weighted by Gasteiger charge is -2.08. The van der Waals surface area contributed by atoms with Crippen LogP contribution in [-0.2, 0) is 6.42 Å². The van der Waals surface area contributed by atoms with Crippen molar-refractivity contribution < 1.29 is 9.84 Å². The average Bonchev–Trinajstić information content (AvgIpc) is 2.64. The van der Waals surface area contributed by atoms with Gasteiger partial charge in [-0.25, -0.2) is 0 Å². The van der Waals surface area contributed by atoms with E-state index in [0.29, 0.717) is 5.75 Å². The molecule has 74 valence electrons. The zero-order valence-electron chi connectivity index (χ0n) is 8.20. The molecule has 0 saturated heterocycles. The third-order valence-electron chi connectivity index (χ3n) is 2.38. The van der Waals surface area contributed by atoms with Gasteiger partial charge in [0, 0.05) is 16.3 Å². The van der Waals surface area contributed by atoms with E-state index >= 15 is 0 Å². The molecular formula is C11H12O2S. The molecule has 1 heterocycles. The van der Waals surface area contributed by atoms with Crippen molar-refractivity contribution in [2.24, 2.45) is 0 Å². The normalized spacial score (nSPS) is 10.7. The molecule has 0 aliphatic carbocycles. The monoisotopic (exact) mass is 208 g/mol. The second-order valence-electron chi connectivity index (χ2n) is 3.09. The molecule has 1 N–H and O–H groups in total. The summed E-state index contributed by atoms with van der Waals surface area (Å²) in [6, 6.07) is 3.92. The van der Waals surface area contributed by atoms with Gasteiger partial charge >= 0.3 is 0 Å². The number of phenols is 1. The molecule has 0 aliphatic rings. The van der Waals surface area contributed by atoms with Gasteiger partial charge in [0.15, 0.2) is 11.5 Å². The third kappa shape index (κ3) is 1.24. The first-order valence-corrected chi connectivity index (χ1v) is 5.42. The second kappa shape index (κ2) is 3.50. The topological polar surface area (TPSA) is 29.5 Å². The van der Waals surface area contributed by atoms with Gasteiger partial charge in [-0.05, 0) is 23.3 Å². The van der Waals surface area contributed by atoms with Crippen molar-refractivity contribution in [1.82, 2.24) is 0 Å². The Morgan fingerprint density at radius 3 is 2.93 bits per heavy atom. The third-order valence-corrected chi connectivity index (χ3v) is 3.24. The van der Waals surface area contributed by atoms with Crippen LogP contribution in [0.25, 0.3) is 10.1 Å². The molecule has 0 atom stereocenters. The molecule has 2 rings (SSSR count). The Kier molecular flexibility index (Phi) is 2.33. The summed E-state index contributed by atoms with van der Waals surface area (Å²) in [5.74, 6) is 0.845. The molecule has 0 amide bonds. The summed E-state index contributed by atoms with van der Waals surface area (Å²) in [6.07, 6.45) is 0.816. The Labute approximate surface area is 86.8 Å². The maximum absolute atomic E-state index is 9.88. The van der Waals surface area contributed by atoms with Crippen LogP contribution in [0.15, 0.2) is 17.5 Å². The summed E-state index contributed by atoms with van der Waals surface area (Å²) >= 11 is 1.66. The van der Waals surface area contributed by atoms with Crippen molar-refractivity contribution >= 4 is 21.4 Å². The van der Waals surface area contributed by atoms with E-state index in [-0.39, 0.29) is 5.75 Å². The summed E-state index contributed by atoms with van der Waals surface area (Å²) < 4.78 is 6.29. The molecule has 0 spiro atoms. The molecule has 0 saturated carbocycles. The van der Waals surface area contributed by atoms with Gasteiger partial charge in [-0.1, -0.05) is 6.92 Å². The van der Waals surface area contributed by atoms with Gasteiger partial charge < -0.3 is 9.84 Å². The van der Waals surface area contributed by atoms with Crippen LogP contribution in [-0.4, -0.2) is 12.2 Å². The lowest BCUT2D eigenvalue weighted by molar-refractivity contribution is 0.372. The minimum Gasteiger partial charge on any atom is -0.504 e. The van der Waals surface area contributed by atoms with E-state index in [1.165, 1.54) is 0 Å². The number of aromatic hydroxyl groups is 1. The number of fused-ring (bicyclic) bond motifs is 1. The summed E-state index contributed by atoms with van der Waals surface area (Å²) in [7, 11) is 1.58. The van der Waals surface area contributed by atoms with E-state index in [1.807, 2.05) is 24.4 Å². The van der Waals surface area contributed by atoms with Crippen molar-refractivity contribution in [2.75, 3.05) is 7.11 Å². The number of ether oxygens (including phenoxy) is 1.